The first kappa shape index (κ1) is 17.6. The molecule has 0 radical (unpaired) electrons. The molecular formula is C14H19Cl3N2O. The second-order valence-corrected chi connectivity index (χ2v) is 5.99. The van der Waals surface area contributed by atoms with Crippen LogP contribution in [0.1, 0.15) is 37.8 Å². The lowest BCUT2D eigenvalue weighted by Crippen LogP contribution is -2.32. The third-order valence-electron chi connectivity index (χ3n) is 3.65. The number of nitrogens with one attached hydrogen (secondary N) is 1. The molecule has 3 nitrogen and oxygen atoms in total. The van der Waals surface area contributed by atoms with E-state index in [0.717, 1.165) is 24.8 Å². The SMILES string of the molecule is CC(NC(=O)C1CCC(N)C1)c1ccc(Cl)c(Cl)c1.Cl. The van der Waals surface area contributed by atoms with Gasteiger partial charge in [-0.1, -0.05) is 29.3 Å². The molecule has 112 valence electrons. The van der Waals surface area contributed by atoms with Gasteiger partial charge in [-0.05, 0) is 43.9 Å². The summed E-state index contributed by atoms with van der Waals surface area (Å²) >= 11 is 11.9. The normalized spacial score (nSPS) is 23.0. The third kappa shape index (κ3) is 4.26. The van der Waals surface area contributed by atoms with Crippen LogP contribution >= 0.6 is 35.6 Å². The van der Waals surface area contributed by atoms with Crippen LogP contribution in [0.5, 0.6) is 0 Å². The number of benzene rings is 1. The molecule has 0 spiro atoms. The molecule has 3 unspecified atom stereocenters. The predicted octanol–water partition coefficient (Wildman–Crippen LogP) is 3.72. The van der Waals surface area contributed by atoms with Crippen LogP contribution in [0.2, 0.25) is 10.0 Å². The van der Waals surface area contributed by atoms with Crippen LogP contribution in [0.25, 0.3) is 0 Å². The number of carbonyl (C=O) groups is 1. The standard InChI is InChI=1S/C14H18Cl2N2O.ClH/c1-8(9-3-5-12(15)13(16)7-9)18-14(19)10-2-4-11(17)6-10;/h3,5,7-8,10-11H,2,4,6,17H2,1H3,(H,18,19);1H. The number of rotatable bonds is 3. The van der Waals surface area contributed by atoms with Crippen molar-refractivity contribution in [3.05, 3.63) is 33.8 Å². The molecule has 1 aliphatic carbocycles. The number of nitrogens with two attached hydrogens (primary N) is 1. The minimum absolute atomic E-state index is 0. The van der Waals surface area contributed by atoms with Crippen molar-refractivity contribution in [3.63, 3.8) is 0 Å². The monoisotopic (exact) mass is 336 g/mol. The molecule has 1 amide bonds. The van der Waals surface area contributed by atoms with Gasteiger partial charge in [0.2, 0.25) is 5.91 Å². The molecule has 1 aromatic rings. The van der Waals surface area contributed by atoms with Crippen molar-refractivity contribution < 1.29 is 4.79 Å². The Morgan fingerprint density at radius 3 is 2.60 bits per heavy atom. The van der Waals surface area contributed by atoms with Crippen LogP contribution in [0, 0.1) is 5.92 Å². The first-order chi connectivity index (χ1) is 8.97. The fourth-order valence-electron chi connectivity index (χ4n) is 2.45. The van der Waals surface area contributed by atoms with E-state index in [0.29, 0.717) is 10.0 Å². The maximum atomic E-state index is 12.1. The summed E-state index contributed by atoms with van der Waals surface area (Å²) in [5.41, 5.74) is 6.78. The van der Waals surface area contributed by atoms with Gasteiger partial charge < -0.3 is 11.1 Å². The molecule has 0 bridgehead atoms. The van der Waals surface area contributed by atoms with Crippen molar-refractivity contribution in [3.8, 4) is 0 Å². The fourth-order valence-corrected chi connectivity index (χ4v) is 2.76. The molecule has 3 N–H and O–H groups in total. The number of hydrogen-bond donors (Lipinski definition) is 2. The van der Waals surface area contributed by atoms with Crippen LogP contribution in [0.3, 0.4) is 0 Å². The third-order valence-corrected chi connectivity index (χ3v) is 4.39. The summed E-state index contributed by atoms with van der Waals surface area (Å²) < 4.78 is 0. The Morgan fingerprint density at radius 1 is 1.35 bits per heavy atom. The van der Waals surface area contributed by atoms with Crippen molar-refractivity contribution in [1.29, 1.82) is 0 Å². The van der Waals surface area contributed by atoms with E-state index in [4.69, 9.17) is 28.9 Å². The zero-order valence-electron chi connectivity index (χ0n) is 11.2. The van der Waals surface area contributed by atoms with Crippen LogP contribution in [-0.4, -0.2) is 11.9 Å². The van der Waals surface area contributed by atoms with Gasteiger partial charge in [0.1, 0.15) is 0 Å². The quantitative estimate of drug-likeness (QED) is 0.883. The fraction of sp³-hybridized carbons (Fsp3) is 0.500. The summed E-state index contributed by atoms with van der Waals surface area (Å²) in [6.45, 7) is 1.94. The highest BCUT2D eigenvalue weighted by molar-refractivity contribution is 6.42. The van der Waals surface area contributed by atoms with Crippen LogP contribution in [-0.2, 0) is 4.79 Å². The first-order valence-electron chi connectivity index (χ1n) is 6.48. The van der Waals surface area contributed by atoms with Gasteiger partial charge in [0.05, 0.1) is 16.1 Å². The predicted molar refractivity (Wildman–Crippen MR) is 85.6 cm³/mol. The van der Waals surface area contributed by atoms with Gasteiger partial charge in [0.15, 0.2) is 0 Å². The van der Waals surface area contributed by atoms with E-state index in [2.05, 4.69) is 5.32 Å². The van der Waals surface area contributed by atoms with E-state index in [1.165, 1.54) is 0 Å². The maximum Gasteiger partial charge on any atom is 0.223 e. The van der Waals surface area contributed by atoms with Crippen LogP contribution < -0.4 is 11.1 Å². The summed E-state index contributed by atoms with van der Waals surface area (Å²) in [5.74, 6) is 0.117. The zero-order valence-corrected chi connectivity index (χ0v) is 13.6. The Bertz CT molecular complexity index is 481. The van der Waals surface area contributed by atoms with Gasteiger partial charge >= 0.3 is 0 Å². The average Bonchev–Trinajstić information content (AvgIpc) is 2.79. The van der Waals surface area contributed by atoms with Gasteiger partial charge in [-0.15, -0.1) is 12.4 Å². The number of carbonyl (C=O) groups excluding carboxylic acids is 1. The maximum absolute atomic E-state index is 12.1. The van der Waals surface area contributed by atoms with E-state index in [-0.39, 0.29) is 36.3 Å². The second kappa shape index (κ2) is 7.51. The highest BCUT2D eigenvalue weighted by Crippen LogP contribution is 2.27. The summed E-state index contributed by atoms with van der Waals surface area (Å²) in [7, 11) is 0. The molecule has 1 saturated carbocycles. The largest absolute Gasteiger partial charge is 0.349 e. The van der Waals surface area contributed by atoms with Crippen molar-refractivity contribution in [2.75, 3.05) is 0 Å². The van der Waals surface area contributed by atoms with Crippen molar-refractivity contribution in [2.24, 2.45) is 11.7 Å². The van der Waals surface area contributed by atoms with Crippen molar-refractivity contribution >= 4 is 41.5 Å². The molecule has 0 heterocycles. The van der Waals surface area contributed by atoms with Gasteiger partial charge in [0, 0.05) is 12.0 Å². The Morgan fingerprint density at radius 2 is 2.05 bits per heavy atom. The summed E-state index contributed by atoms with van der Waals surface area (Å²) in [4.78, 5) is 12.1. The number of amides is 1. The molecule has 3 atom stereocenters. The van der Waals surface area contributed by atoms with Gasteiger partial charge in [0.25, 0.3) is 0 Å². The lowest BCUT2D eigenvalue weighted by Gasteiger charge is -2.18. The van der Waals surface area contributed by atoms with E-state index < -0.39 is 0 Å². The van der Waals surface area contributed by atoms with E-state index >= 15 is 0 Å². The topological polar surface area (TPSA) is 55.1 Å². The molecule has 1 aromatic carbocycles. The first-order valence-corrected chi connectivity index (χ1v) is 7.24. The van der Waals surface area contributed by atoms with Crippen molar-refractivity contribution in [2.45, 2.75) is 38.3 Å². The summed E-state index contributed by atoms with van der Waals surface area (Å²) in [6, 6.07) is 5.48. The van der Waals surface area contributed by atoms with Gasteiger partial charge in [-0.25, -0.2) is 0 Å². The lowest BCUT2D eigenvalue weighted by molar-refractivity contribution is -0.125. The van der Waals surface area contributed by atoms with Crippen molar-refractivity contribution in [1.82, 2.24) is 5.32 Å². The van der Waals surface area contributed by atoms with E-state index in [1.807, 2.05) is 13.0 Å². The number of hydrogen-bond acceptors (Lipinski definition) is 2. The highest BCUT2D eigenvalue weighted by atomic mass is 35.5. The smallest absolute Gasteiger partial charge is 0.223 e. The minimum Gasteiger partial charge on any atom is -0.349 e. The van der Waals surface area contributed by atoms with Crippen LogP contribution in [0.15, 0.2) is 18.2 Å². The Hall–Kier alpha value is -0.480. The molecule has 20 heavy (non-hydrogen) atoms. The minimum atomic E-state index is -0.0842. The zero-order chi connectivity index (χ0) is 14.0. The summed E-state index contributed by atoms with van der Waals surface area (Å²) in [6.07, 6.45) is 2.58. The van der Waals surface area contributed by atoms with Crippen LogP contribution in [0.4, 0.5) is 0 Å². The molecule has 0 saturated heterocycles. The van der Waals surface area contributed by atoms with E-state index in [9.17, 15) is 4.79 Å². The Kier molecular flexibility index (Phi) is 6.59. The highest BCUT2D eigenvalue weighted by Gasteiger charge is 2.28. The number of halogens is 3. The molecule has 0 aliphatic heterocycles. The average molecular weight is 338 g/mol. The summed E-state index contributed by atoms with van der Waals surface area (Å²) in [5, 5.41) is 4.03. The lowest BCUT2D eigenvalue weighted by atomic mass is 10.0. The second-order valence-electron chi connectivity index (χ2n) is 5.17. The Balaban J connectivity index is 0.00000200. The van der Waals surface area contributed by atoms with Gasteiger partial charge in [-0.3, -0.25) is 4.79 Å². The molecule has 2 rings (SSSR count). The molecule has 6 heteroatoms. The Labute approximate surface area is 135 Å². The molecule has 1 aliphatic rings. The van der Waals surface area contributed by atoms with E-state index in [1.54, 1.807) is 12.1 Å². The van der Waals surface area contributed by atoms with Gasteiger partial charge in [-0.2, -0.15) is 0 Å². The molecular weight excluding hydrogens is 319 g/mol. The molecule has 0 aromatic heterocycles. The molecule has 1 fully saturated rings.